The fraction of sp³-hybridized carbons (Fsp3) is 0.100. The second-order valence-electron chi connectivity index (χ2n) is 5.73. The molecule has 0 aliphatic rings. The third-order valence-electron chi connectivity index (χ3n) is 4.10. The van der Waals surface area contributed by atoms with Crippen molar-refractivity contribution in [1.29, 1.82) is 0 Å². The lowest BCUT2D eigenvalue weighted by Crippen LogP contribution is -1.98. The number of benzene rings is 2. The average Bonchev–Trinajstić information content (AvgIpc) is 2.67. The maximum absolute atomic E-state index is 6.16. The van der Waals surface area contributed by atoms with Crippen LogP contribution in [0.2, 0.25) is 5.02 Å². The molecule has 0 aliphatic heterocycles. The molecule has 0 spiro atoms. The number of halogens is 1. The summed E-state index contributed by atoms with van der Waals surface area (Å²) in [6.07, 6.45) is 0. The van der Waals surface area contributed by atoms with E-state index in [4.69, 9.17) is 21.1 Å². The fourth-order valence-corrected chi connectivity index (χ4v) is 3.03. The van der Waals surface area contributed by atoms with Gasteiger partial charge in [-0.15, -0.1) is 0 Å². The third kappa shape index (κ3) is 2.97. The van der Waals surface area contributed by atoms with Crippen molar-refractivity contribution in [3.8, 4) is 11.6 Å². The molecule has 4 rings (SSSR count). The molecular weight excluding hydrogens is 350 g/mol. The number of rotatable bonds is 4. The van der Waals surface area contributed by atoms with Gasteiger partial charge in [-0.3, -0.25) is 0 Å². The standard InChI is InChI=1S/C20H16ClN3O2/c1-25-14-5-3-4-13(11-14)22-19-15-7-6-12(21)10-17(15)23-16-8-9-18(26-2)24-20(16)19/h3-11H,1-2H3,(H,22,23). The molecule has 130 valence electrons. The molecule has 0 atom stereocenters. The summed E-state index contributed by atoms with van der Waals surface area (Å²) in [5, 5.41) is 5.01. The van der Waals surface area contributed by atoms with Crippen LogP contribution >= 0.6 is 11.6 Å². The van der Waals surface area contributed by atoms with E-state index in [1.54, 1.807) is 20.3 Å². The molecule has 2 heterocycles. The molecule has 0 unspecified atom stereocenters. The molecule has 4 aromatic rings. The Hall–Kier alpha value is -3.05. The van der Waals surface area contributed by atoms with Crippen LogP contribution < -0.4 is 14.8 Å². The Bertz CT molecular complexity index is 1110. The van der Waals surface area contributed by atoms with Crippen LogP contribution in [0, 0.1) is 0 Å². The summed E-state index contributed by atoms with van der Waals surface area (Å²) in [6.45, 7) is 0. The molecule has 0 radical (unpaired) electrons. The predicted molar refractivity (Wildman–Crippen MR) is 105 cm³/mol. The highest BCUT2D eigenvalue weighted by atomic mass is 35.5. The molecule has 5 nitrogen and oxygen atoms in total. The monoisotopic (exact) mass is 365 g/mol. The predicted octanol–water partition coefficient (Wildman–Crippen LogP) is 5.20. The molecule has 26 heavy (non-hydrogen) atoms. The number of aromatic nitrogens is 2. The van der Waals surface area contributed by atoms with Gasteiger partial charge in [0.05, 0.1) is 30.9 Å². The number of nitrogens with zero attached hydrogens (tertiary/aromatic N) is 2. The summed E-state index contributed by atoms with van der Waals surface area (Å²) in [5.74, 6) is 1.30. The quantitative estimate of drug-likeness (QED) is 0.504. The zero-order chi connectivity index (χ0) is 18.1. The minimum Gasteiger partial charge on any atom is -0.497 e. The first-order valence-electron chi connectivity index (χ1n) is 8.03. The SMILES string of the molecule is COc1cccc(Nc2c3ccc(Cl)cc3nc3ccc(OC)nc23)c1. The summed E-state index contributed by atoms with van der Waals surface area (Å²) in [6, 6.07) is 17.0. The Morgan fingerprint density at radius 2 is 1.77 bits per heavy atom. The molecule has 0 saturated carbocycles. The van der Waals surface area contributed by atoms with Crippen molar-refractivity contribution in [3.63, 3.8) is 0 Å². The number of hydrogen-bond donors (Lipinski definition) is 1. The van der Waals surface area contributed by atoms with Gasteiger partial charge in [0.2, 0.25) is 5.88 Å². The number of methoxy groups -OCH3 is 2. The minimum absolute atomic E-state index is 0.529. The largest absolute Gasteiger partial charge is 0.497 e. The van der Waals surface area contributed by atoms with Crippen molar-refractivity contribution in [1.82, 2.24) is 9.97 Å². The van der Waals surface area contributed by atoms with E-state index in [0.717, 1.165) is 39.1 Å². The Balaban J connectivity index is 1.98. The molecule has 2 aromatic carbocycles. The maximum atomic E-state index is 6.16. The van der Waals surface area contributed by atoms with E-state index in [9.17, 15) is 0 Å². The Morgan fingerprint density at radius 1 is 0.885 bits per heavy atom. The lowest BCUT2D eigenvalue weighted by atomic mass is 10.1. The van der Waals surface area contributed by atoms with Crippen molar-refractivity contribution in [2.75, 3.05) is 19.5 Å². The molecule has 0 aliphatic carbocycles. The Morgan fingerprint density at radius 3 is 2.58 bits per heavy atom. The number of fused-ring (bicyclic) bond motifs is 2. The normalized spacial score (nSPS) is 10.9. The van der Waals surface area contributed by atoms with Crippen LogP contribution in [0.4, 0.5) is 11.4 Å². The molecule has 6 heteroatoms. The average molecular weight is 366 g/mol. The minimum atomic E-state index is 0.529. The van der Waals surface area contributed by atoms with Crippen LogP contribution in [0.1, 0.15) is 0 Å². The van der Waals surface area contributed by atoms with Crippen molar-refractivity contribution < 1.29 is 9.47 Å². The third-order valence-corrected chi connectivity index (χ3v) is 4.34. The van der Waals surface area contributed by atoms with Crippen LogP contribution in [-0.2, 0) is 0 Å². The smallest absolute Gasteiger partial charge is 0.213 e. The molecular formula is C20H16ClN3O2. The lowest BCUT2D eigenvalue weighted by Gasteiger charge is -2.14. The lowest BCUT2D eigenvalue weighted by molar-refractivity contribution is 0.399. The molecule has 0 fully saturated rings. The van der Waals surface area contributed by atoms with Gasteiger partial charge in [-0.1, -0.05) is 17.7 Å². The zero-order valence-electron chi connectivity index (χ0n) is 14.3. The molecule has 0 amide bonds. The number of hydrogen-bond acceptors (Lipinski definition) is 5. The number of anilines is 2. The first-order valence-corrected chi connectivity index (χ1v) is 8.41. The van der Waals surface area contributed by atoms with E-state index in [-0.39, 0.29) is 0 Å². The van der Waals surface area contributed by atoms with E-state index in [2.05, 4.69) is 15.3 Å². The molecule has 2 aromatic heterocycles. The first kappa shape index (κ1) is 16.4. The van der Waals surface area contributed by atoms with Crippen molar-refractivity contribution in [2.45, 2.75) is 0 Å². The van der Waals surface area contributed by atoms with Crippen LogP contribution in [0.5, 0.6) is 11.6 Å². The zero-order valence-corrected chi connectivity index (χ0v) is 15.0. The van der Waals surface area contributed by atoms with E-state index in [0.29, 0.717) is 10.9 Å². The molecule has 0 saturated heterocycles. The summed E-state index contributed by atoms with van der Waals surface area (Å²) in [4.78, 5) is 9.28. The van der Waals surface area contributed by atoms with Gasteiger partial charge in [0.1, 0.15) is 11.3 Å². The van der Waals surface area contributed by atoms with Crippen molar-refractivity contribution >= 4 is 44.9 Å². The van der Waals surface area contributed by atoms with Gasteiger partial charge >= 0.3 is 0 Å². The number of ether oxygens (including phenoxy) is 2. The van der Waals surface area contributed by atoms with Crippen molar-refractivity contribution in [2.24, 2.45) is 0 Å². The van der Waals surface area contributed by atoms with E-state index in [1.165, 1.54) is 0 Å². The van der Waals surface area contributed by atoms with E-state index in [1.807, 2.05) is 48.5 Å². The maximum Gasteiger partial charge on any atom is 0.213 e. The topological polar surface area (TPSA) is 56.3 Å². The summed E-state index contributed by atoms with van der Waals surface area (Å²) >= 11 is 6.16. The van der Waals surface area contributed by atoms with Crippen LogP contribution in [0.15, 0.2) is 54.6 Å². The van der Waals surface area contributed by atoms with Crippen LogP contribution in [-0.4, -0.2) is 24.2 Å². The summed E-state index contributed by atoms with van der Waals surface area (Å²) in [5.41, 5.74) is 4.00. The highest BCUT2D eigenvalue weighted by Crippen LogP contribution is 2.34. The van der Waals surface area contributed by atoms with Crippen molar-refractivity contribution in [3.05, 3.63) is 59.6 Å². The Labute approximate surface area is 155 Å². The van der Waals surface area contributed by atoms with Gasteiger partial charge in [-0.05, 0) is 36.4 Å². The van der Waals surface area contributed by atoms with Gasteiger partial charge in [0.25, 0.3) is 0 Å². The second kappa shape index (κ2) is 6.69. The summed E-state index contributed by atoms with van der Waals surface area (Å²) < 4.78 is 10.6. The van der Waals surface area contributed by atoms with Crippen LogP contribution in [0.25, 0.3) is 21.9 Å². The second-order valence-corrected chi connectivity index (χ2v) is 6.16. The summed E-state index contributed by atoms with van der Waals surface area (Å²) in [7, 11) is 3.24. The molecule has 0 bridgehead atoms. The first-order chi connectivity index (χ1) is 12.7. The Kier molecular flexibility index (Phi) is 4.22. The van der Waals surface area contributed by atoms with E-state index >= 15 is 0 Å². The van der Waals surface area contributed by atoms with Crippen LogP contribution in [0.3, 0.4) is 0 Å². The molecule has 1 N–H and O–H groups in total. The highest BCUT2D eigenvalue weighted by Gasteiger charge is 2.13. The van der Waals surface area contributed by atoms with Gasteiger partial charge in [0.15, 0.2) is 0 Å². The highest BCUT2D eigenvalue weighted by molar-refractivity contribution is 6.31. The number of pyridine rings is 2. The number of nitrogens with one attached hydrogen (secondary N) is 1. The van der Waals surface area contributed by atoms with Gasteiger partial charge in [-0.2, -0.15) is 0 Å². The van der Waals surface area contributed by atoms with E-state index < -0.39 is 0 Å². The fourth-order valence-electron chi connectivity index (χ4n) is 2.86. The van der Waals surface area contributed by atoms with Gasteiger partial charge in [-0.25, -0.2) is 9.97 Å². The van der Waals surface area contributed by atoms with Gasteiger partial charge in [0, 0.05) is 28.2 Å². The van der Waals surface area contributed by atoms with Gasteiger partial charge < -0.3 is 14.8 Å².